The largest absolute Gasteiger partial charge is 0.396 e. The minimum atomic E-state index is -0.720. The number of aromatic nitrogens is 4. The molecule has 1 aromatic carbocycles. The highest BCUT2D eigenvalue weighted by Crippen LogP contribution is 2.26. The zero-order chi connectivity index (χ0) is 19.9. The van der Waals surface area contributed by atoms with Gasteiger partial charge in [-0.25, -0.2) is 9.37 Å². The minimum Gasteiger partial charge on any atom is -0.396 e. The van der Waals surface area contributed by atoms with E-state index >= 15 is 0 Å². The first kappa shape index (κ1) is 20.0. The van der Waals surface area contributed by atoms with Crippen molar-refractivity contribution < 1.29 is 14.6 Å². The molecule has 148 valence electrons. The van der Waals surface area contributed by atoms with Gasteiger partial charge >= 0.3 is 0 Å². The van der Waals surface area contributed by atoms with Crippen LogP contribution < -0.4 is 10.6 Å². The molecule has 0 bridgehead atoms. The molecular formula is C18H20ClFN6O2. The zero-order valence-corrected chi connectivity index (χ0v) is 15.6. The Balaban J connectivity index is 1.75. The highest BCUT2D eigenvalue weighted by molar-refractivity contribution is 6.32. The van der Waals surface area contributed by atoms with Crippen LogP contribution in [0.5, 0.6) is 0 Å². The van der Waals surface area contributed by atoms with Crippen LogP contribution >= 0.6 is 11.6 Å². The third kappa shape index (κ3) is 4.94. The molecule has 2 aromatic heterocycles. The van der Waals surface area contributed by atoms with Crippen LogP contribution in [0.15, 0.2) is 42.9 Å². The van der Waals surface area contributed by atoms with Crippen LogP contribution in [0.1, 0.15) is 18.0 Å². The monoisotopic (exact) mass is 406 g/mol. The van der Waals surface area contributed by atoms with Crippen LogP contribution in [0.25, 0.3) is 0 Å². The summed E-state index contributed by atoms with van der Waals surface area (Å²) < 4.78 is 15.7. The maximum atomic E-state index is 14.0. The van der Waals surface area contributed by atoms with Crippen LogP contribution in [-0.4, -0.2) is 43.2 Å². The van der Waals surface area contributed by atoms with Gasteiger partial charge in [-0.1, -0.05) is 29.8 Å². The lowest BCUT2D eigenvalue weighted by Gasteiger charge is -2.19. The molecule has 0 saturated carbocycles. The number of rotatable bonds is 9. The van der Waals surface area contributed by atoms with Gasteiger partial charge in [-0.15, -0.1) is 0 Å². The predicted octanol–water partition coefficient (Wildman–Crippen LogP) is 2.74. The van der Waals surface area contributed by atoms with E-state index in [1.807, 2.05) is 0 Å². The van der Waals surface area contributed by atoms with Crippen molar-refractivity contribution in [2.45, 2.75) is 19.0 Å². The van der Waals surface area contributed by atoms with Gasteiger partial charge < -0.3 is 20.8 Å². The lowest BCUT2D eigenvalue weighted by Crippen LogP contribution is -2.17. The van der Waals surface area contributed by atoms with Gasteiger partial charge in [0.2, 0.25) is 5.95 Å². The molecule has 0 aliphatic rings. The maximum absolute atomic E-state index is 14.0. The quantitative estimate of drug-likeness (QED) is 0.432. The van der Waals surface area contributed by atoms with Gasteiger partial charge in [0, 0.05) is 24.9 Å². The molecule has 28 heavy (non-hydrogen) atoms. The Morgan fingerprint density at radius 2 is 2.04 bits per heavy atom. The Morgan fingerprint density at radius 3 is 2.79 bits per heavy atom. The third-order valence-corrected chi connectivity index (χ3v) is 4.23. The van der Waals surface area contributed by atoms with Gasteiger partial charge in [0.05, 0.1) is 30.7 Å². The van der Waals surface area contributed by atoms with Gasteiger partial charge in [0.15, 0.2) is 5.82 Å². The number of nitrogens with one attached hydrogen (secondary N) is 2. The summed E-state index contributed by atoms with van der Waals surface area (Å²) in [6.07, 6.45) is 5.38. The van der Waals surface area contributed by atoms with Crippen LogP contribution in [-0.2, 0) is 6.54 Å². The van der Waals surface area contributed by atoms with Crippen molar-refractivity contribution in [1.29, 1.82) is 0 Å². The molecule has 4 N–H and O–H groups in total. The Kier molecular flexibility index (Phi) is 6.75. The SMILES string of the molecule is OCCCn1cc(Nc2ncc(Cl)c(NC(CO)c3ccccc3F)n2)cn1. The molecule has 0 aliphatic carbocycles. The van der Waals surface area contributed by atoms with Crippen molar-refractivity contribution in [3.8, 4) is 0 Å². The molecule has 0 fully saturated rings. The molecule has 0 spiro atoms. The first-order chi connectivity index (χ1) is 13.6. The second-order valence-electron chi connectivity index (χ2n) is 5.99. The van der Waals surface area contributed by atoms with Crippen molar-refractivity contribution in [3.05, 3.63) is 59.3 Å². The Bertz CT molecular complexity index is 923. The van der Waals surface area contributed by atoms with Crippen LogP contribution in [0.2, 0.25) is 5.02 Å². The molecule has 1 atom stereocenters. The number of hydrogen-bond acceptors (Lipinski definition) is 7. The molecule has 10 heteroatoms. The second kappa shape index (κ2) is 9.45. The Labute approximate surface area is 166 Å². The van der Waals surface area contributed by atoms with E-state index in [-0.39, 0.29) is 30.0 Å². The second-order valence-corrected chi connectivity index (χ2v) is 6.39. The minimum absolute atomic E-state index is 0.0893. The topological polar surface area (TPSA) is 108 Å². The van der Waals surface area contributed by atoms with E-state index in [2.05, 4.69) is 25.7 Å². The fourth-order valence-electron chi connectivity index (χ4n) is 2.59. The number of aryl methyl sites for hydroxylation is 1. The van der Waals surface area contributed by atoms with Gasteiger partial charge in [-0.05, 0) is 12.5 Å². The summed E-state index contributed by atoms with van der Waals surface area (Å²) in [6.45, 7) is 0.334. The summed E-state index contributed by atoms with van der Waals surface area (Å²) in [5.74, 6) is 0.0841. The molecule has 0 amide bonds. The average Bonchev–Trinajstić information content (AvgIpc) is 3.14. The fourth-order valence-corrected chi connectivity index (χ4v) is 2.73. The fraction of sp³-hybridized carbons (Fsp3) is 0.278. The van der Waals surface area contributed by atoms with Crippen molar-refractivity contribution in [1.82, 2.24) is 19.7 Å². The van der Waals surface area contributed by atoms with Crippen LogP contribution in [0, 0.1) is 5.82 Å². The standard InChI is InChI=1S/C18H20ClFN6O2/c19-14-9-21-18(23-12-8-22-26(10-12)6-3-7-27)25-17(14)24-16(11-28)13-4-1-2-5-15(13)20/h1-2,4-5,8-10,16,27-28H,3,6-7,11H2,(H2,21,23,24,25). The molecule has 3 aromatic rings. The highest BCUT2D eigenvalue weighted by Gasteiger charge is 2.17. The molecule has 8 nitrogen and oxygen atoms in total. The molecular weight excluding hydrogens is 387 g/mol. The van der Waals surface area contributed by atoms with E-state index in [0.717, 1.165) is 0 Å². The number of aliphatic hydroxyl groups is 2. The van der Waals surface area contributed by atoms with E-state index in [9.17, 15) is 9.50 Å². The van der Waals surface area contributed by atoms with E-state index in [4.69, 9.17) is 16.7 Å². The van der Waals surface area contributed by atoms with E-state index in [1.54, 1.807) is 35.3 Å². The number of hydrogen-bond donors (Lipinski definition) is 4. The molecule has 0 saturated heterocycles. The molecule has 0 radical (unpaired) electrons. The first-order valence-electron chi connectivity index (χ1n) is 8.65. The predicted molar refractivity (Wildman–Crippen MR) is 104 cm³/mol. The van der Waals surface area contributed by atoms with Crippen molar-refractivity contribution >= 4 is 29.1 Å². The lowest BCUT2D eigenvalue weighted by atomic mass is 10.1. The summed E-state index contributed by atoms with van der Waals surface area (Å²) in [5.41, 5.74) is 0.971. The van der Waals surface area contributed by atoms with Gasteiger partial charge in [-0.3, -0.25) is 4.68 Å². The number of aliphatic hydroxyl groups excluding tert-OH is 2. The summed E-state index contributed by atoms with van der Waals surface area (Å²) in [6, 6.07) is 5.45. The molecule has 0 aliphatic heterocycles. The summed E-state index contributed by atoms with van der Waals surface area (Å²) >= 11 is 6.16. The summed E-state index contributed by atoms with van der Waals surface area (Å²) in [4.78, 5) is 8.43. The smallest absolute Gasteiger partial charge is 0.229 e. The van der Waals surface area contributed by atoms with Gasteiger partial charge in [0.25, 0.3) is 0 Å². The summed E-state index contributed by atoms with van der Waals surface area (Å²) in [5, 5.41) is 28.9. The summed E-state index contributed by atoms with van der Waals surface area (Å²) in [7, 11) is 0. The number of anilines is 3. The highest BCUT2D eigenvalue weighted by atomic mass is 35.5. The third-order valence-electron chi connectivity index (χ3n) is 3.95. The van der Waals surface area contributed by atoms with Crippen LogP contribution in [0.3, 0.4) is 0 Å². The normalized spacial score (nSPS) is 12.0. The van der Waals surface area contributed by atoms with Crippen molar-refractivity contribution in [3.63, 3.8) is 0 Å². The Hall–Kier alpha value is -2.75. The van der Waals surface area contributed by atoms with E-state index < -0.39 is 11.9 Å². The Morgan fingerprint density at radius 1 is 1.21 bits per heavy atom. The zero-order valence-electron chi connectivity index (χ0n) is 14.9. The van der Waals surface area contributed by atoms with Gasteiger partial charge in [0.1, 0.15) is 10.8 Å². The first-order valence-corrected chi connectivity index (χ1v) is 9.03. The average molecular weight is 407 g/mol. The van der Waals surface area contributed by atoms with E-state index in [1.165, 1.54) is 12.3 Å². The van der Waals surface area contributed by atoms with Crippen molar-refractivity contribution in [2.75, 3.05) is 23.8 Å². The molecule has 1 unspecified atom stereocenters. The van der Waals surface area contributed by atoms with Crippen molar-refractivity contribution in [2.24, 2.45) is 0 Å². The number of benzene rings is 1. The van der Waals surface area contributed by atoms with Gasteiger partial charge in [-0.2, -0.15) is 10.1 Å². The molecule has 2 heterocycles. The van der Waals surface area contributed by atoms with E-state index in [0.29, 0.717) is 24.2 Å². The molecule has 3 rings (SSSR count). The lowest BCUT2D eigenvalue weighted by molar-refractivity contribution is 0.273. The van der Waals surface area contributed by atoms with Crippen LogP contribution in [0.4, 0.5) is 21.8 Å². The number of nitrogens with zero attached hydrogens (tertiary/aromatic N) is 4. The maximum Gasteiger partial charge on any atom is 0.229 e. The number of halogens is 2.